The highest BCUT2D eigenvalue weighted by Gasteiger charge is 2.09. The minimum atomic E-state index is 0.203. The molecule has 106 valence electrons. The Kier molecular flexibility index (Phi) is 5.07. The summed E-state index contributed by atoms with van der Waals surface area (Å²) in [7, 11) is 1.69. The summed E-state index contributed by atoms with van der Waals surface area (Å²) in [6.07, 6.45) is 4.42. The highest BCUT2D eigenvalue weighted by Crippen LogP contribution is 2.14. The van der Waals surface area contributed by atoms with Crippen molar-refractivity contribution in [2.75, 3.05) is 13.7 Å². The molecule has 0 aliphatic carbocycles. The Morgan fingerprint density at radius 2 is 2.05 bits per heavy atom. The van der Waals surface area contributed by atoms with Crippen molar-refractivity contribution >= 4 is 0 Å². The fraction of sp³-hybridized carbons (Fsp3) is 0.375. The van der Waals surface area contributed by atoms with E-state index in [1.807, 2.05) is 19.1 Å². The fourth-order valence-electron chi connectivity index (χ4n) is 2.20. The van der Waals surface area contributed by atoms with E-state index in [4.69, 9.17) is 4.74 Å². The molecule has 0 fully saturated rings. The van der Waals surface area contributed by atoms with Crippen LogP contribution in [-0.2, 0) is 6.42 Å². The second-order valence-corrected chi connectivity index (χ2v) is 4.80. The van der Waals surface area contributed by atoms with Gasteiger partial charge in [0.05, 0.1) is 18.5 Å². The van der Waals surface area contributed by atoms with Crippen LogP contribution in [0.25, 0.3) is 0 Å². The molecule has 20 heavy (non-hydrogen) atoms. The smallest absolute Gasteiger partial charge is 0.119 e. The zero-order chi connectivity index (χ0) is 14.4. The van der Waals surface area contributed by atoms with Crippen molar-refractivity contribution in [1.29, 1.82) is 0 Å². The van der Waals surface area contributed by atoms with Gasteiger partial charge in [-0.3, -0.25) is 9.97 Å². The SMILES string of the molecule is COc1cccc(CCNC(C)c2nccnc2C)c1. The van der Waals surface area contributed by atoms with Crippen LogP contribution in [-0.4, -0.2) is 23.6 Å². The molecule has 1 aromatic carbocycles. The molecule has 1 aromatic heterocycles. The normalized spacial score (nSPS) is 12.2. The third-order valence-electron chi connectivity index (χ3n) is 3.33. The summed E-state index contributed by atoms with van der Waals surface area (Å²) in [5, 5.41) is 3.48. The monoisotopic (exact) mass is 271 g/mol. The van der Waals surface area contributed by atoms with E-state index in [0.717, 1.165) is 30.1 Å². The minimum Gasteiger partial charge on any atom is -0.497 e. The van der Waals surface area contributed by atoms with E-state index in [1.165, 1.54) is 5.56 Å². The van der Waals surface area contributed by atoms with Crippen molar-refractivity contribution in [3.63, 3.8) is 0 Å². The van der Waals surface area contributed by atoms with Crippen molar-refractivity contribution in [3.05, 3.63) is 53.6 Å². The zero-order valence-corrected chi connectivity index (χ0v) is 12.3. The third kappa shape index (κ3) is 3.78. The van der Waals surface area contributed by atoms with Crippen LogP contribution in [0.1, 0.15) is 29.9 Å². The maximum absolute atomic E-state index is 5.23. The van der Waals surface area contributed by atoms with Crippen molar-refractivity contribution in [1.82, 2.24) is 15.3 Å². The summed E-state index contributed by atoms with van der Waals surface area (Å²) in [5.74, 6) is 0.903. The Hall–Kier alpha value is -1.94. The van der Waals surface area contributed by atoms with Crippen molar-refractivity contribution < 1.29 is 4.74 Å². The average molecular weight is 271 g/mol. The van der Waals surface area contributed by atoms with Crippen molar-refractivity contribution in [3.8, 4) is 5.75 Å². The predicted octanol–water partition coefficient (Wildman–Crippen LogP) is 2.69. The summed E-state index contributed by atoms with van der Waals surface area (Å²) in [5.41, 5.74) is 3.26. The van der Waals surface area contributed by atoms with Gasteiger partial charge in [0.15, 0.2) is 0 Å². The number of hydrogen-bond donors (Lipinski definition) is 1. The molecule has 2 aromatic rings. The highest BCUT2D eigenvalue weighted by atomic mass is 16.5. The Morgan fingerprint density at radius 1 is 1.25 bits per heavy atom. The first-order valence-corrected chi connectivity index (χ1v) is 6.84. The molecule has 0 spiro atoms. The number of aromatic nitrogens is 2. The molecule has 0 amide bonds. The molecular formula is C16H21N3O. The molecule has 0 aliphatic heterocycles. The second-order valence-electron chi connectivity index (χ2n) is 4.80. The van der Waals surface area contributed by atoms with Crippen LogP contribution in [0.3, 0.4) is 0 Å². The van der Waals surface area contributed by atoms with E-state index >= 15 is 0 Å². The van der Waals surface area contributed by atoms with E-state index in [-0.39, 0.29) is 6.04 Å². The lowest BCUT2D eigenvalue weighted by molar-refractivity contribution is 0.414. The molecule has 4 nitrogen and oxygen atoms in total. The van der Waals surface area contributed by atoms with Gasteiger partial charge in [-0.15, -0.1) is 0 Å². The minimum absolute atomic E-state index is 0.203. The van der Waals surface area contributed by atoms with E-state index in [9.17, 15) is 0 Å². The largest absolute Gasteiger partial charge is 0.497 e. The van der Waals surface area contributed by atoms with E-state index in [2.05, 4.69) is 34.3 Å². The average Bonchev–Trinajstić information content (AvgIpc) is 2.48. The molecule has 0 aliphatic rings. The number of benzene rings is 1. The van der Waals surface area contributed by atoms with Gasteiger partial charge in [0.1, 0.15) is 5.75 Å². The number of hydrogen-bond acceptors (Lipinski definition) is 4. The van der Waals surface area contributed by atoms with Crippen LogP contribution in [0, 0.1) is 6.92 Å². The Balaban J connectivity index is 1.88. The number of rotatable bonds is 6. The maximum Gasteiger partial charge on any atom is 0.119 e. The first-order valence-electron chi connectivity index (χ1n) is 6.84. The third-order valence-corrected chi connectivity index (χ3v) is 3.33. The van der Waals surface area contributed by atoms with Gasteiger partial charge in [0.2, 0.25) is 0 Å². The molecule has 4 heteroatoms. The topological polar surface area (TPSA) is 47.0 Å². The lowest BCUT2D eigenvalue weighted by Gasteiger charge is -2.14. The number of nitrogens with one attached hydrogen (secondary N) is 1. The lowest BCUT2D eigenvalue weighted by atomic mass is 10.1. The predicted molar refractivity (Wildman–Crippen MR) is 79.9 cm³/mol. The number of ether oxygens (including phenoxy) is 1. The molecule has 2 rings (SSSR count). The fourth-order valence-corrected chi connectivity index (χ4v) is 2.20. The molecule has 1 heterocycles. The van der Waals surface area contributed by atoms with Gasteiger partial charge < -0.3 is 10.1 Å². The van der Waals surface area contributed by atoms with Crippen molar-refractivity contribution in [2.24, 2.45) is 0 Å². The summed E-state index contributed by atoms with van der Waals surface area (Å²) < 4.78 is 5.23. The van der Waals surface area contributed by atoms with Gasteiger partial charge in [-0.2, -0.15) is 0 Å². The van der Waals surface area contributed by atoms with E-state index in [0.29, 0.717) is 0 Å². The summed E-state index contributed by atoms with van der Waals surface area (Å²) in [6.45, 7) is 5.00. The first kappa shape index (κ1) is 14.5. The van der Waals surface area contributed by atoms with Crippen LogP contribution in [0.15, 0.2) is 36.7 Å². The summed E-state index contributed by atoms with van der Waals surface area (Å²) in [6, 6.07) is 8.37. The van der Waals surface area contributed by atoms with Crippen molar-refractivity contribution in [2.45, 2.75) is 26.3 Å². The van der Waals surface area contributed by atoms with Gasteiger partial charge in [-0.1, -0.05) is 12.1 Å². The number of nitrogens with zero attached hydrogens (tertiary/aromatic N) is 2. The highest BCUT2D eigenvalue weighted by molar-refractivity contribution is 5.28. The van der Waals surface area contributed by atoms with Gasteiger partial charge in [0, 0.05) is 18.4 Å². The van der Waals surface area contributed by atoms with Crippen LogP contribution < -0.4 is 10.1 Å². The standard InChI is InChI=1S/C16H21N3O/c1-12(16-13(2)18-9-10-19-16)17-8-7-14-5-4-6-15(11-14)20-3/h4-6,9-12,17H,7-8H2,1-3H3. The first-order chi connectivity index (χ1) is 9.70. The molecule has 1 unspecified atom stereocenters. The van der Waals surface area contributed by atoms with Crippen LogP contribution in [0.2, 0.25) is 0 Å². The molecule has 0 bridgehead atoms. The lowest BCUT2D eigenvalue weighted by Crippen LogP contribution is -2.23. The number of aryl methyl sites for hydroxylation is 1. The Labute approximate surface area is 120 Å². The van der Waals surface area contributed by atoms with Gasteiger partial charge in [0.25, 0.3) is 0 Å². The molecule has 0 radical (unpaired) electrons. The zero-order valence-electron chi connectivity index (χ0n) is 12.3. The van der Waals surface area contributed by atoms with E-state index in [1.54, 1.807) is 19.5 Å². The summed E-state index contributed by atoms with van der Waals surface area (Å²) in [4.78, 5) is 8.66. The molecule has 1 N–H and O–H groups in total. The Bertz CT molecular complexity index is 557. The molecular weight excluding hydrogens is 250 g/mol. The van der Waals surface area contributed by atoms with Gasteiger partial charge in [-0.05, 0) is 44.5 Å². The molecule has 0 saturated carbocycles. The quantitative estimate of drug-likeness (QED) is 0.877. The Morgan fingerprint density at radius 3 is 2.80 bits per heavy atom. The number of methoxy groups -OCH3 is 1. The van der Waals surface area contributed by atoms with Gasteiger partial charge in [-0.25, -0.2) is 0 Å². The maximum atomic E-state index is 5.23. The second kappa shape index (κ2) is 7.01. The van der Waals surface area contributed by atoms with Crippen LogP contribution in [0.5, 0.6) is 5.75 Å². The molecule has 1 atom stereocenters. The van der Waals surface area contributed by atoms with Gasteiger partial charge >= 0.3 is 0 Å². The van der Waals surface area contributed by atoms with E-state index < -0.39 is 0 Å². The van der Waals surface area contributed by atoms with Crippen LogP contribution >= 0.6 is 0 Å². The molecule has 0 saturated heterocycles. The van der Waals surface area contributed by atoms with Crippen LogP contribution in [0.4, 0.5) is 0 Å². The summed E-state index contributed by atoms with van der Waals surface area (Å²) >= 11 is 0.